The van der Waals surface area contributed by atoms with Gasteiger partial charge >= 0.3 is 6.18 Å². The molecule has 5 rings (SSSR count). The highest BCUT2D eigenvalue weighted by atomic mass is 19.4. The Morgan fingerprint density at radius 1 is 1.17 bits per heavy atom. The molecule has 2 N–H and O–H groups in total. The molecular weight excluding hydrogens is 471 g/mol. The van der Waals surface area contributed by atoms with Gasteiger partial charge in [0.25, 0.3) is 11.8 Å². The van der Waals surface area contributed by atoms with Gasteiger partial charge in [-0.3, -0.25) is 24.5 Å². The third-order valence-electron chi connectivity index (χ3n) is 6.35. The molecule has 0 saturated carbocycles. The molecule has 0 bridgehead atoms. The Hall–Kier alpha value is -3.81. The number of piperazine rings is 1. The van der Waals surface area contributed by atoms with Crippen LogP contribution in [0.3, 0.4) is 0 Å². The predicted molar refractivity (Wildman–Crippen MR) is 111 cm³/mol. The van der Waals surface area contributed by atoms with Gasteiger partial charge in [-0.1, -0.05) is 11.3 Å². The van der Waals surface area contributed by atoms with Gasteiger partial charge < -0.3 is 15.1 Å². The van der Waals surface area contributed by atoms with Crippen LogP contribution in [0.15, 0.2) is 24.4 Å². The number of rotatable bonds is 3. The van der Waals surface area contributed by atoms with Crippen molar-refractivity contribution in [1.82, 2.24) is 35.4 Å². The Bertz CT molecular complexity index is 1230. The zero-order valence-corrected chi connectivity index (χ0v) is 18.2. The fourth-order valence-electron chi connectivity index (χ4n) is 4.49. The first-order valence-electron chi connectivity index (χ1n) is 10.9. The fraction of sp³-hybridized carbons (Fsp3) is 0.429. The van der Waals surface area contributed by atoms with E-state index in [9.17, 15) is 32.3 Å². The molecule has 14 heteroatoms. The molecule has 35 heavy (non-hydrogen) atoms. The normalized spacial score (nSPS) is 22.9. The van der Waals surface area contributed by atoms with Gasteiger partial charge in [0.15, 0.2) is 5.69 Å². The maximum atomic E-state index is 13.0. The average molecular weight is 491 g/mol. The number of carbonyl (C=O) groups excluding carboxylic acids is 4. The van der Waals surface area contributed by atoms with Crippen molar-refractivity contribution in [1.29, 1.82) is 0 Å². The Labute approximate surface area is 196 Å². The summed E-state index contributed by atoms with van der Waals surface area (Å²) in [5, 5.41) is 12.3. The van der Waals surface area contributed by atoms with Gasteiger partial charge in [0.05, 0.1) is 11.9 Å². The maximum absolute atomic E-state index is 13.0. The molecule has 2 saturated heterocycles. The first-order valence-corrected chi connectivity index (χ1v) is 10.9. The number of hydrogen-bond acceptors (Lipinski definition) is 7. The molecule has 11 nitrogen and oxygen atoms in total. The number of imide groups is 1. The standard InChI is InChI=1S/C21H20F3N7O4/c22-21(23,24)16-10-29(6-5-25-16)20(35)14-9-31(28-27-14)12-2-1-11-8-30(19(34)13(11)7-12)15-3-4-17(32)26-18(15)33/h1-2,7,9,15-16,25H,3-6,8,10H2,(H,26,32,33). The summed E-state index contributed by atoms with van der Waals surface area (Å²) in [5.41, 5.74) is 1.34. The Morgan fingerprint density at radius 3 is 2.71 bits per heavy atom. The molecule has 4 heterocycles. The van der Waals surface area contributed by atoms with Crippen molar-refractivity contribution in [2.45, 2.75) is 37.6 Å². The highest BCUT2D eigenvalue weighted by Gasteiger charge is 2.43. The molecule has 1 aromatic carbocycles. The van der Waals surface area contributed by atoms with Gasteiger partial charge in [-0.05, 0) is 24.1 Å². The lowest BCUT2D eigenvalue weighted by Gasteiger charge is -2.34. The molecule has 2 aromatic rings. The van der Waals surface area contributed by atoms with Crippen LogP contribution >= 0.6 is 0 Å². The van der Waals surface area contributed by atoms with Gasteiger partial charge in [0.1, 0.15) is 12.1 Å². The number of amides is 4. The van der Waals surface area contributed by atoms with Crippen LogP contribution in [0.5, 0.6) is 0 Å². The smallest absolute Gasteiger partial charge is 0.334 e. The first kappa shape index (κ1) is 23.0. The predicted octanol–water partition coefficient (Wildman–Crippen LogP) is 0.00460. The Balaban J connectivity index is 1.32. The second-order valence-corrected chi connectivity index (χ2v) is 8.59. The van der Waals surface area contributed by atoms with Gasteiger partial charge in [-0.25, -0.2) is 4.68 Å². The summed E-state index contributed by atoms with van der Waals surface area (Å²) in [4.78, 5) is 51.8. The van der Waals surface area contributed by atoms with Crippen molar-refractivity contribution in [3.63, 3.8) is 0 Å². The lowest BCUT2D eigenvalue weighted by Crippen LogP contribution is -2.58. The van der Waals surface area contributed by atoms with E-state index in [1.807, 2.05) is 0 Å². The minimum Gasteiger partial charge on any atom is -0.334 e. The van der Waals surface area contributed by atoms with Crippen molar-refractivity contribution in [3.8, 4) is 5.69 Å². The molecule has 4 amide bonds. The fourth-order valence-corrected chi connectivity index (χ4v) is 4.49. The molecule has 2 unspecified atom stereocenters. The number of hydrogen-bond donors (Lipinski definition) is 2. The summed E-state index contributed by atoms with van der Waals surface area (Å²) in [7, 11) is 0. The van der Waals surface area contributed by atoms with Crippen LogP contribution in [0.4, 0.5) is 13.2 Å². The number of fused-ring (bicyclic) bond motifs is 1. The van der Waals surface area contributed by atoms with Crippen LogP contribution in [0.2, 0.25) is 0 Å². The summed E-state index contributed by atoms with van der Waals surface area (Å²) in [6.45, 7) is -0.216. The van der Waals surface area contributed by atoms with E-state index in [-0.39, 0.29) is 50.0 Å². The molecule has 2 fully saturated rings. The largest absolute Gasteiger partial charge is 0.405 e. The van der Waals surface area contributed by atoms with E-state index in [1.165, 1.54) is 15.8 Å². The summed E-state index contributed by atoms with van der Waals surface area (Å²) in [5.74, 6) is -1.92. The minimum absolute atomic E-state index is 0.000660. The second kappa shape index (κ2) is 8.45. The topological polar surface area (TPSA) is 130 Å². The van der Waals surface area contributed by atoms with Crippen molar-refractivity contribution >= 4 is 23.6 Å². The summed E-state index contributed by atoms with van der Waals surface area (Å²) < 4.78 is 40.4. The van der Waals surface area contributed by atoms with Crippen LogP contribution in [-0.4, -0.2) is 86.3 Å². The van der Waals surface area contributed by atoms with Crippen LogP contribution in [0.25, 0.3) is 5.69 Å². The first-order chi connectivity index (χ1) is 16.6. The van der Waals surface area contributed by atoms with Crippen LogP contribution in [-0.2, 0) is 16.1 Å². The average Bonchev–Trinajstić information content (AvgIpc) is 3.43. The highest BCUT2D eigenvalue weighted by molar-refractivity contribution is 6.05. The number of aromatic nitrogens is 3. The summed E-state index contributed by atoms with van der Waals surface area (Å²) in [6, 6.07) is 2.35. The molecule has 3 aliphatic heterocycles. The number of halogens is 3. The molecule has 3 aliphatic rings. The van der Waals surface area contributed by atoms with Gasteiger partial charge in [0, 0.05) is 38.2 Å². The third-order valence-corrected chi connectivity index (χ3v) is 6.35. The molecule has 2 atom stereocenters. The van der Waals surface area contributed by atoms with Crippen LogP contribution < -0.4 is 10.6 Å². The van der Waals surface area contributed by atoms with E-state index in [0.717, 1.165) is 4.90 Å². The van der Waals surface area contributed by atoms with E-state index in [4.69, 9.17) is 0 Å². The van der Waals surface area contributed by atoms with Gasteiger partial charge in [-0.2, -0.15) is 13.2 Å². The summed E-state index contributed by atoms with van der Waals surface area (Å²) >= 11 is 0. The van der Waals surface area contributed by atoms with Crippen molar-refractivity contribution < 1.29 is 32.3 Å². The molecule has 184 valence electrons. The molecule has 1 aromatic heterocycles. The lowest BCUT2D eigenvalue weighted by atomic mass is 10.0. The van der Waals surface area contributed by atoms with E-state index in [1.54, 1.807) is 18.2 Å². The quantitative estimate of drug-likeness (QED) is 0.579. The summed E-state index contributed by atoms with van der Waals surface area (Å²) in [6.07, 6.45) is -2.79. The van der Waals surface area contributed by atoms with Crippen molar-refractivity contribution in [2.24, 2.45) is 0 Å². The van der Waals surface area contributed by atoms with Crippen LogP contribution in [0.1, 0.15) is 39.3 Å². The zero-order valence-electron chi connectivity index (χ0n) is 18.2. The Morgan fingerprint density at radius 2 is 1.97 bits per heavy atom. The number of nitrogens with zero attached hydrogens (tertiary/aromatic N) is 5. The highest BCUT2D eigenvalue weighted by Crippen LogP contribution is 2.29. The monoisotopic (exact) mass is 491 g/mol. The van der Waals surface area contributed by atoms with Crippen molar-refractivity contribution in [3.05, 3.63) is 41.2 Å². The van der Waals surface area contributed by atoms with E-state index >= 15 is 0 Å². The number of alkyl halides is 3. The molecule has 0 spiro atoms. The number of piperidine rings is 1. The lowest BCUT2D eigenvalue weighted by molar-refractivity contribution is -0.162. The molecule has 0 radical (unpaired) electrons. The SMILES string of the molecule is O=C1CCC(N2Cc3ccc(-n4cc(C(=O)N5CCNC(C(F)(F)F)C5)nn4)cc3C2=O)C(=O)N1. The van der Waals surface area contributed by atoms with Gasteiger partial charge in [-0.15, -0.1) is 5.10 Å². The maximum Gasteiger partial charge on any atom is 0.405 e. The third kappa shape index (κ3) is 4.24. The minimum atomic E-state index is -4.48. The number of benzene rings is 1. The zero-order chi connectivity index (χ0) is 24.9. The molecule has 0 aliphatic carbocycles. The van der Waals surface area contributed by atoms with E-state index < -0.39 is 36.6 Å². The molecular formula is C21H20F3N7O4. The van der Waals surface area contributed by atoms with Crippen LogP contribution in [0, 0.1) is 0 Å². The Kier molecular flexibility index (Phi) is 5.54. The second-order valence-electron chi connectivity index (χ2n) is 8.59. The van der Waals surface area contributed by atoms with E-state index in [0.29, 0.717) is 16.8 Å². The van der Waals surface area contributed by atoms with Crippen molar-refractivity contribution in [2.75, 3.05) is 19.6 Å². The number of carbonyl (C=O) groups is 4. The number of nitrogens with one attached hydrogen (secondary N) is 2. The van der Waals surface area contributed by atoms with Gasteiger partial charge in [0.2, 0.25) is 11.8 Å². The van der Waals surface area contributed by atoms with E-state index in [2.05, 4.69) is 20.9 Å².